The predicted octanol–water partition coefficient (Wildman–Crippen LogP) is 15.6. The first kappa shape index (κ1) is 38.6. The van der Waals surface area contributed by atoms with Crippen LogP contribution in [0.5, 0.6) is 0 Å². The molecule has 0 atom stereocenters. The summed E-state index contributed by atoms with van der Waals surface area (Å²) >= 11 is 0. The standard InChI is InChI=1S/C67H43BO/c1-39-14-3-7-19-47(39)44-29-28-43-31-33-55-60-37-45(51-23-11-18-41-16-5-9-21-49(41)51)36-59-54-25-13-27-62-64(54)66(67(69-62)56-26-12-24-52-50-22-10-6-17-42(50)30-32-53(52)56)68(65(59)60)61-38-46(48-20-8-4-15-40(48)2)35-58(63(55)61)57(43)34-44/h3-30,32-38H,31H2,1-2H3. The molecule has 2 aliphatic heterocycles. The van der Waals surface area contributed by atoms with E-state index in [1.54, 1.807) is 0 Å². The third-order valence-electron chi connectivity index (χ3n) is 15.8. The first-order valence-corrected chi connectivity index (χ1v) is 24.3. The summed E-state index contributed by atoms with van der Waals surface area (Å²) in [7, 11) is 0. The van der Waals surface area contributed by atoms with Gasteiger partial charge in [0.2, 0.25) is 6.71 Å². The second kappa shape index (κ2) is 14.5. The minimum Gasteiger partial charge on any atom is -0.457 e. The van der Waals surface area contributed by atoms with E-state index in [2.05, 4.69) is 226 Å². The maximum atomic E-state index is 7.41. The SMILES string of the molecule is Cc1ccccc1-c1ccc2c(c1)-c1cc(-c3ccccc3C)cc3c1C(=CC2)c1cc(-c2cccc4ccccc24)cc2c1B3c1c(-c3cccc4c3ccc3ccccc34)oc3cccc-2c13. The summed E-state index contributed by atoms with van der Waals surface area (Å²) in [4.78, 5) is 0. The predicted molar refractivity (Wildman–Crippen MR) is 293 cm³/mol. The molecule has 0 unspecified atom stereocenters. The second-order valence-electron chi connectivity index (χ2n) is 19.5. The van der Waals surface area contributed by atoms with Gasteiger partial charge >= 0.3 is 0 Å². The molecule has 0 bridgehead atoms. The summed E-state index contributed by atoms with van der Waals surface area (Å²) in [6.07, 6.45) is 3.38. The van der Waals surface area contributed by atoms with Crippen LogP contribution >= 0.6 is 0 Å². The first-order chi connectivity index (χ1) is 34.1. The zero-order valence-electron chi connectivity index (χ0n) is 38.4. The Bertz CT molecular complexity index is 4250. The second-order valence-corrected chi connectivity index (χ2v) is 19.5. The Labute approximate surface area is 401 Å². The fourth-order valence-corrected chi connectivity index (χ4v) is 12.7. The number of aryl methyl sites for hydroxylation is 2. The molecule has 0 radical (unpaired) electrons. The lowest BCUT2D eigenvalue weighted by Crippen LogP contribution is -2.59. The molecule has 1 aromatic heterocycles. The van der Waals surface area contributed by atoms with Gasteiger partial charge in [0.05, 0.1) is 0 Å². The molecule has 0 N–H and O–H groups in total. The van der Waals surface area contributed by atoms with E-state index in [1.165, 1.54) is 143 Å². The van der Waals surface area contributed by atoms with Gasteiger partial charge in [0.1, 0.15) is 11.3 Å². The Hall–Kier alpha value is -8.46. The smallest absolute Gasteiger partial charge is 0.249 e. The van der Waals surface area contributed by atoms with Crippen molar-refractivity contribution >= 4 is 72.0 Å². The molecule has 15 rings (SSSR count). The van der Waals surface area contributed by atoms with Crippen LogP contribution in [0.1, 0.15) is 27.8 Å². The van der Waals surface area contributed by atoms with Crippen molar-refractivity contribution in [3.63, 3.8) is 0 Å². The number of rotatable bonds is 4. The van der Waals surface area contributed by atoms with E-state index in [0.717, 1.165) is 23.3 Å². The Morgan fingerprint density at radius 1 is 0.391 bits per heavy atom. The highest BCUT2D eigenvalue weighted by molar-refractivity contribution is 7.01. The largest absolute Gasteiger partial charge is 0.457 e. The molecule has 0 spiro atoms. The van der Waals surface area contributed by atoms with E-state index >= 15 is 0 Å². The Balaban J connectivity index is 1.10. The molecule has 320 valence electrons. The van der Waals surface area contributed by atoms with Gasteiger partial charge in [-0.25, -0.2) is 0 Å². The van der Waals surface area contributed by atoms with Gasteiger partial charge < -0.3 is 4.42 Å². The van der Waals surface area contributed by atoms with Crippen LogP contribution in [0, 0.1) is 13.8 Å². The Kier molecular flexibility index (Phi) is 8.13. The van der Waals surface area contributed by atoms with Crippen LogP contribution < -0.4 is 16.4 Å². The molecule has 3 heterocycles. The summed E-state index contributed by atoms with van der Waals surface area (Å²) < 4.78 is 7.41. The van der Waals surface area contributed by atoms with Gasteiger partial charge in [0.25, 0.3) is 0 Å². The van der Waals surface area contributed by atoms with Crippen LogP contribution in [-0.2, 0) is 6.42 Å². The monoisotopic (exact) mass is 874 g/mol. The maximum Gasteiger partial charge on any atom is 0.249 e. The lowest BCUT2D eigenvalue weighted by Gasteiger charge is -2.36. The maximum absolute atomic E-state index is 7.41. The number of benzene rings is 11. The molecule has 0 saturated carbocycles. The molecule has 69 heavy (non-hydrogen) atoms. The highest BCUT2D eigenvalue weighted by Gasteiger charge is 2.45. The molecule has 2 heteroatoms. The van der Waals surface area contributed by atoms with Crippen LogP contribution in [0.3, 0.4) is 0 Å². The summed E-state index contributed by atoms with van der Waals surface area (Å²) in [6.45, 7) is 4.36. The summed E-state index contributed by atoms with van der Waals surface area (Å²) in [6, 6.07) is 77.4. The molecule has 12 aromatic rings. The Morgan fingerprint density at radius 2 is 1.00 bits per heavy atom. The van der Waals surface area contributed by atoms with Crippen LogP contribution in [0.15, 0.2) is 217 Å². The molecule has 0 amide bonds. The van der Waals surface area contributed by atoms with Crippen LogP contribution in [-0.4, -0.2) is 6.71 Å². The Morgan fingerprint density at radius 3 is 1.84 bits per heavy atom. The van der Waals surface area contributed by atoms with Crippen LogP contribution in [0.2, 0.25) is 0 Å². The van der Waals surface area contributed by atoms with Crippen molar-refractivity contribution in [1.29, 1.82) is 0 Å². The van der Waals surface area contributed by atoms with E-state index in [-0.39, 0.29) is 6.71 Å². The van der Waals surface area contributed by atoms with Gasteiger partial charge in [-0.05, 0) is 177 Å². The molecule has 1 nitrogen and oxygen atoms in total. The zero-order valence-corrected chi connectivity index (χ0v) is 38.4. The van der Waals surface area contributed by atoms with E-state index in [0.29, 0.717) is 0 Å². The van der Waals surface area contributed by atoms with Gasteiger partial charge in [0, 0.05) is 10.9 Å². The van der Waals surface area contributed by atoms with Gasteiger partial charge in [-0.3, -0.25) is 0 Å². The number of hydrogen-bond donors (Lipinski definition) is 0. The number of furan rings is 1. The zero-order chi connectivity index (χ0) is 45.5. The third kappa shape index (κ3) is 5.55. The number of hydrogen-bond acceptors (Lipinski definition) is 1. The average molecular weight is 875 g/mol. The normalized spacial score (nSPS) is 13.1. The highest BCUT2D eigenvalue weighted by atomic mass is 16.3. The topological polar surface area (TPSA) is 13.1 Å². The van der Waals surface area contributed by atoms with Crippen LogP contribution in [0.25, 0.3) is 116 Å². The van der Waals surface area contributed by atoms with E-state index in [1.807, 2.05) is 0 Å². The minimum absolute atomic E-state index is 0.116. The fraction of sp³-hybridized carbons (Fsp3) is 0.0448. The van der Waals surface area contributed by atoms with Crippen molar-refractivity contribution in [3.05, 3.63) is 240 Å². The summed E-state index contributed by atoms with van der Waals surface area (Å²) in [5, 5.41) is 8.65. The van der Waals surface area contributed by atoms with E-state index < -0.39 is 0 Å². The van der Waals surface area contributed by atoms with Crippen molar-refractivity contribution in [2.45, 2.75) is 20.3 Å². The van der Waals surface area contributed by atoms with Gasteiger partial charge in [0.15, 0.2) is 0 Å². The summed E-state index contributed by atoms with van der Waals surface area (Å²) in [5.41, 5.74) is 26.5. The molecule has 3 aliphatic rings. The fourth-order valence-electron chi connectivity index (χ4n) is 12.7. The molecule has 0 saturated heterocycles. The van der Waals surface area contributed by atoms with Crippen molar-refractivity contribution < 1.29 is 4.42 Å². The third-order valence-corrected chi connectivity index (χ3v) is 15.8. The van der Waals surface area contributed by atoms with Crippen molar-refractivity contribution in [3.8, 4) is 67.0 Å². The molecule has 0 fully saturated rings. The van der Waals surface area contributed by atoms with E-state index in [9.17, 15) is 0 Å². The van der Waals surface area contributed by atoms with Crippen molar-refractivity contribution in [2.75, 3.05) is 0 Å². The van der Waals surface area contributed by atoms with Crippen LogP contribution in [0.4, 0.5) is 0 Å². The number of allylic oxidation sites excluding steroid dienone is 1. The van der Waals surface area contributed by atoms with Gasteiger partial charge in [-0.1, -0.05) is 193 Å². The minimum atomic E-state index is -0.116. The quantitative estimate of drug-likeness (QED) is 0.127. The average Bonchev–Trinajstić information content (AvgIpc) is 3.70. The van der Waals surface area contributed by atoms with Gasteiger partial charge in [-0.15, -0.1) is 0 Å². The lowest BCUT2D eigenvalue weighted by molar-refractivity contribution is 0.634. The molecular weight excluding hydrogens is 832 g/mol. The summed E-state index contributed by atoms with van der Waals surface area (Å²) in [5.74, 6) is 0.955. The van der Waals surface area contributed by atoms with Gasteiger partial charge in [-0.2, -0.15) is 0 Å². The van der Waals surface area contributed by atoms with E-state index in [4.69, 9.17) is 4.42 Å². The number of fused-ring (bicyclic) bond motifs is 10. The van der Waals surface area contributed by atoms with Crippen molar-refractivity contribution in [1.82, 2.24) is 0 Å². The molecular formula is C67H43BO. The molecule has 11 aromatic carbocycles. The molecule has 1 aliphatic carbocycles. The van der Waals surface area contributed by atoms with Crippen molar-refractivity contribution in [2.24, 2.45) is 0 Å². The lowest BCUT2D eigenvalue weighted by atomic mass is 9.30. The highest BCUT2D eigenvalue weighted by Crippen LogP contribution is 2.48. The first-order valence-electron chi connectivity index (χ1n) is 24.3.